The maximum Gasteiger partial charge on any atom is 0.296 e. The minimum atomic E-state index is -0.500. The molecule has 2 heterocycles. The van der Waals surface area contributed by atoms with E-state index in [-0.39, 0.29) is 17.6 Å². The predicted octanol–water partition coefficient (Wildman–Crippen LogP) is 8.14. The molecule has 0 aliphatic heterocycles. The summed E-state index contributed by atoms with van der Waals surface area (Å²) in [4.78, 5) is 18.1. The zero-order valence-corrected chi connectivity index (χ0v) is 21.1. The fourth-order valence-electron chi connectivity index (χ4n) is 4.29. The molecule has 0 aliphatic rings. The molecule has 0 unspecified atom stereocenters. The number of halogens is 1. The lowest BCUT2D eigenvalue weighted by molar-refractivity contribution is 0.0996. The summed E-state index contributed by atoms with van der Waals surface area (Å²) in [5.74, 6) is -0.508. The van der Waals surface area contributed by atoms with E-state index < -0.39 is 5.91 Å². The van der Waals surface area contributed by atoms with Gasteiger partial charge in [0.05, 0.1) is 22.3 Å². The highest BCUT2D eigenvalue weighted by atomic mass is 79.9. The molecule has 0 fully saturated rings. The zero-order chi connectivity index (χ0) is 24.7. The van der Waals surface area contributed by atoms with Gasteiger partial charge in [0.2, 0.25) is 5.88 Å². The number of nitrogens with zero attached hydrogens (tertiary/aromatic N) is 4. The van der Waals surface area contributed by atoms with Gasteiger partial charge in [-0.2, -0.15) is 0 Å². The van der Waals surface area contributed by atoms with Crippen molar-refractivity contribution in [1.29, 1.82) is 0 Å². The van der Waals surface area contributed by atoms with Crippen LogP contribution in [0.3, 0.4) is 0 Å². The van der Waals surface area contributed by atoms with Gasteiger partial charge in [-0.05, 0) is 57.2 Å². The first-order valence-corrected chi connectivity index (χ1v) is 12.1. The molecule has 2 aromatic heterocycles. The van der Waals surface area contributed by atoms with Crippen LogP contribution in [0.2, 0.25) is 0 Å². The Kier molecular flexibility index (Phi) is 5.94. The largest absolute Gasteiger partial charge is 0.493 e. The summed E-state index contributed by atoms with van der Waals surface area (Å²) in [6, 6.07) is 22.9. The van der Waals surface area contributed by atoms with E-state index in [9.17, 15) is 9.90 Å². The van der Waals surface area contributed by atoms with Crippen LogP contribution in [0, 0.1) is 6.92 Å². The van der Waals surface area contributed by atoms with Gasteiger partial charge >= 0.3 is 0 Å². The minimum Gasteiger partial charge on any atom is -0.493 e. The number of rotatable bonds is 4. The van der Waals surface area contributed by atoms with Crippen LogP contribution in [0.25, 0.3) is 33.1 Å². The van der Waals surface area contributed by atoms with Crippen molar-refractivity contribution in [2.75, 3.05) is 0 Å². The monoisotopic (exact) mass is 526 g/mol. The molecule has 174 valence electrons. The van der Waals surface area contributed by atoms with Crippen molar-refractivity contribution < 1.29 is 9.90 Å². The molecule has 0 saturated carbocycles. The van der Waals surface area contributed by atoms with Crippen molar-refractivity contribution in [1.82, 2.24) is 9.55 Å². The molecule has 6 nitrogen and oxygen atoms in total. The average Bonchev–Trinajstić information content (AvgIpc) is 3.12. The van der Waals surface area contributed by atoms with E-state index in [1.54, 1.807) is 10.6 Å². The SMILES string of the molecule is Cc1ccc2c(c1)c(N=NC(=O)c1cc(-c3ccc(Br)cc3)nc3ccccc13)c(O)n2C(C)C. The van der Waals surface area contributed by atoms with Gasteiger partial charge in [0, 0.05) is 26.9 Å². The maximum absolute atomic E-state index is 13.3. The highest BCUT2D eigenvalue weighted by molar-refractivity contribution is 9.10. The summed E-state index contributed by atoms with van der Waals surface area (Å²) in [5.41, 5.74) is 4.82. The number of fused-ring (bicyclic) bond motifs is 2. The van der Waals surface area contributed by atoms with Crippen molar-refractivity contribution in [3.63, 3.8) is 0 Å². The summed E-state index contributed by atoms with van der Waals surface area (Å²) < 4.78 is 2.75. The predicted molar refractivity (Wildman–Crippen MR) is 142 cm³/mol. The van der Waals surface area contributed by atoms with Crippen molar-refractivity contribution in [2.24, 2.45) is 10.2 Å². The van der Waals surface area contributed by atoms with Gasteiger partial charge in [-0.25, -0.2) is 4.98 Å². The number of azo groups is 1. The normalized spacial score (nSPS) is 11.8. The van der Waals surface area contributed by atoms with Crippen LogP contribution in [0.15, 0.2) is 87.5 Å². The second kappa shape index (κ2) is 9.07. The number of hydrogen-bond acceptors (Lipinski definition) is 4. The number of para-hydroxylation sites is 1. The third-order valence-electron chi connectivity index (χ3n) is 5.95. The number of aryl methyl sites for hydroxylation is 1. The molecule has 1 N–H and O–H groups in total. The van der Waals surface area contributed by atoms with Gasteiger partial charge in [0.15, 0.2) is 5.69 Å². The highest BCUT2D eigenvalue weighted by Gasteiger charge is 2.20. The molecule has 1 amide bonds. The van der Waals surface area contributed by atoms with Gasteiger partial charge in [0.25, 0.3) is 5.91 Å². The number of carbonyl (C=O) groups is 1. The van der Waals surface area contributed by atoms with E-state index in [4.69, 9.17) is 4.98 Å². The molecular formula is C28H23BrN4O2. The zero-order valence-electron chi connectivity index (χ0n) is 19.5. The third-order valence-corrected chi connectivity index (χ3v) is 6.48. The summed E-state index contributed by atoms with van der Waals surface area (Å²) in [5, 5.41) is 20.7. The van der Waals surface area contributed by atoms with Gasteiger partial charge in [-0.3, -0.25) is 4.79 Å². The van der Waals surface area contributed by atoms with Crippen LogP contribution >= 0.6 is 15.9 Å². The number of benzene rings is 3. The number of amides is 1. The average molecular weight is 527 g/mol. The van der Waals surface area contributed by atoms with E-state index in [1.807, 2.05) is 87.5 Å². The highest BCUT2D eigenvalue weighted by Crippen LogP contribution is 2.41. The Bertz CT molecular complexity index is 1620. The number of aromatic nitrogens is 2. The van der Waals surface area contributed by atoms with Crippen molar-refractivity contribution in [3.8, 4) is 17.1 Å². The Morgan fingerprint density at radius 2 is 1.74 bits per heavy atom. The molecule has 3 aromatic carbocycles. The van der Waals surface area contributed by atoms with Crippen molar-refractivity contribution >= 4 is 49.3 Å². The van der Waals surface area contributed by atoms with Gasteiger partial charge in [-0.15, -0.1) is 10.2 Å². The summed E-state index contributed by atoms with van der Waals surface area (Å²) >= 11 is 3.45. The van der Waals surface area contributed by atoms with Gasteiger partial charge < -0.3 is 9.67 Å². The number of aromatic hydroxyl groups is 1. The van der Waals surface area contributed by atoms with E-state index in [1.165, 1.54) is 0 Å². The molecule has 35 heavy (non-hydrogen) atoms. The first-order valence-electron chi connectivity index (χ1n) is 11.3. The third kappa shape index (κ3) is 4.23. The van der Waals surface area contributed by atoms with Crippen molar-refractivity contribution in [3.05, 3.63) is 88.4 Å². The lowest BCUT2D eigenvalue weighted by atomic mass is 10.0. The minimum absolute atomic E-state index is 0.00714. The first kappa shape index (κ1) is 22.9. The Labute approximate surface area is 211 Å². The van der Waals surface area contributed by atoms with E-state index in [0.29, 0.717) is 22.2 Å². The van der Waals surface area contributed by atoms with E-state index in [0.717, 1.165) is 26.5 Å². The summed E-state index contributed by atoms with van der Waals surface area (Å²) in [6.45, 7) is 5.94. The molecule has 5 aromatic rings. The van der Waals surface area contributed by atoms with Crippen LogP contribution in [-0.2, 0) is 0 Å². The molecule has 7 heteroatoms. The molecule has 0 bridgehead atoms. The standard InChI is InChI=1S/C28H23BrN4O2/c1-16(2)33-25-13-8-17(3)14-22(25)26(28(33)35)31-32-27(34)21-15-24(18-9-11-19(29)12-10-18)30-23-7-5-4-6-20(21)23/h4-16,35H,1-3H3. The summed E-state index contributed by atoms with van der Waals surface area (Å²) in [7, 11) is 0. The van der Waals surface area contributed by atoms with Crippen LogP contribution in [-0.4, -0.2) is 20.6 Å². The molecule has 0 spiro atoms. The molecular weight excluding hydrogens is 504 g/mol. The molecule has 0 radical (unpaired) electrons. The second-order valence-corrected chi connectivity index (χ2v) is 9.66. The molecule has 0 atom stereocenters. The molecule has 0 aliphatic carbocycles. The number of pyridine rings is 1. The maximum atomic E-state index is 13.3. The van der Waals surface area contributed by atoms with E-state index >= 15 is 0 Å². The van der Waals surface area contributed by atoms with Gasteiger partial charge in [0.1, 0.15) is 0 Å². The van der Waals surface area contributed by atoms with Crippen LogP contribution < -0.4 is 0 Å². The van der Waals surface area contributed by atoms with Crippen molar-refractivity contribution in [2.45, 2.75) is 26.8 Å². The fourth-order valence-corrected chi connectivity index (χ4v) is 4.55. The first-order chi connectivity index (χ1) is 16.8. The lowest BCUT2D eigenvalue weighted by Gasteiger charge is -2.10. The lowest BCUT2D eigenvalue weighted by Crippen LogP contribution is -1.99. The smallest absolute Gasteiger partial charge is 0.296 e. The molecule has 0 saturated heterocycles. The Balaban J connectivity index is 1.62. The number of hydrogen-bond donors (Lipinski definition) is 1. The Morgan fingerprint density at radius 3 is 2.49 bits per heavy atom. The Morgan fingerprint density at radius 1 is 1.00 bits per heavy atom. The number of carbonyl (C=O) groups excluding carboxylic acids is 1. The summed E-state index contributed by atoms with van der Waals surface area (Å²) in [6.07, 6.45) is 0. The quantitative estimate of drug-likeness (QED) is 0.240. The Hall–Kier alpha value is -3.84. The molecule has 5 rings (SSSR count). The van der Waals surface area contributed by atoms with Crippen LogP contribution in [0.1, 0.15) is 35.8 Å². The topological polar surface area (TPSA) is 79.8 Å². The van der Waals surface area contributed by atoms with Crippen LogP contribution in [0.5, 0.6) is 5.88 Å². The second-order valence-electron chi connectivity index (χ2n) is 8.74. The van der Waals surface area contributed by atoms with Crippen LogP contribution in [0.4, 0.5) is 5.69 Å². The van der Waals surface area contributed by atoms with Gasteiger partial charge in [-0.1, -0.05) is 57.9 Å². The van der Waals surface area contributed by atoms with E-state index in [2.05, 4.69) is 26.2 Å². The fraction of sp³-hybridized carbons (Fsp3) is 0.143.